The molecule has 0 spiro atoms. The zero-order chi connectivity index (χ0) is 7.97. The Labute approximate surface area is 73.8 Å². The third kappa shape index (κ3) is 1.03. The molecule has 2 bridgehead atoms. The van der Waals surface area contributed by atoms with E-state index in [2.05, 4.69) is 0 Å². The Hall–Kier alpha value is -0.0151. The molecular formula is C9H15BO2. The second-order valence-electron chi connectivity index (χ2n) is 4.45. The van der Waals surface area contributed by atoms with Crippen LogP contribution in [0.3, 0.4) is 0 Å². The van der Waals surface area contributed by atoms with Gasteiger partial charge in [0.15, 0.2) is 0 Å². The van der Waals surface area contributed by atoms with Crippen LogP contribution >= 0.6 is 0 Å². The number of fused-ring (bicyclic) bond motifs is 2. The van der Waals surface area contributed by atoms with E-state index in [0.717, 1.165) is 30.9 Å². The molecular weight excluding hydrogens is 151 g/mol. The van der Waals surface area contributed by atoms with Crippen LogP contribution in [0.4, 0.5) is 0 Å². The molecule has 2 aliphatic carbocycles. The Kier molecular flexibility index (Phi) is 1.69. The van der Waals surface area contributed by atoms with Crippen LogP contribution in [0.2, 0.25) is 5.82 Å². The van der Waals surface area contributed by atoms with Crippen molar-refractivity contribution >= 4 is 7.12 Å². The normalized spacial score (nSPS) is 46.0. The van der Waals surface area contributed by atoms with Gasteiger partial charge >= 0.3 is 7.12 Å². The molecule has 3 aliphatic rings. The van der Waals surface area contributed by atoms with Crippen molar-refractivity contribution in [2.75, 3.05) is 13.2 Å². The molecule has 0 radical (unpaired) electrons. The van der Waals surface area contributed by atoms with Gasteiger partial charge in [-0.2, -0.15) is 0 Å². The first kappa shape index (κ1) is 7.39. The van der Waals surface area contributed by atoms with E-state index in [4.69, 9.17) is 9.31 Å². The second-order valence-corrected chi connectivity index (χ2v) is 4.45. The summed E-state index contributed by atoms with van der Waals surface area (Å²) in [6.07, 6.45) is 5.72. The lowest BCUT2D eigenvalue weighted by Crippen LogP contribution is -2.26. The molecule has 2 nitrogen and oxygen atoms in total. The molecule has 3 heteroatoms. The summed E-state index contributed by atoms with van der Waals surface area (Å²) < 4.78 is 11.1. The van der Waals surface area contributed by atoms with Crippen LogP contribution in [-0.2, 0) is 9.31 Å². The fraction of sp³-hybridized carbons (Fsp3) is 1.00. The first-order valence-corrected chi connectivity index (χ1v) is 5.16. The van der Waals surface area contributed by atoms with Crippen LogP contribution in [0, 0.1) is 11.8 Å². The van der Waals surface area contributed by atoms with Gasteiger partial charge in [0.05, 0.1) is 13.2 Å². The monoisotopic (exact) mass is 166 g/mol. The van der Waals surface area contributed by atoms with Gasteiger partial charge in [-0.3, -0.25) is 0 Å². The highest BCUT2D eigenvalue weighted by Crippen LogP contribution is 2.53. The van der Waals surface area contributed by atoms with Crippen molar-refractivity contribution in [3.63, 3.8) is 0 Å². The predicted molar refractivity (Wildman–Crippen MR) is 46.9 cm³/mol. The average molecular weight is 166 g/mol. The zero-order valence-electron chi connectivity index (χ0n) is 7.37. The minimum atomic E-state index is 0.167. The molecule has 3 fully saturated rings. The largest absolute Gasteiger partial charge is 0.460 e. The third-order valence-corrected chi connectivity index (χ3v) is 3.79. The summed E-state index contributed by atoms with van der Waals surface area (Å²) in [6, 6.07) is 0. The molecule has 0 aromatic rings. The molecule has 2 saturated carbocycles. The zero-order valence-corrected chi connectivity index (χ0v) is 7.37. The Balaban J connectivity index is 1.69. The van der Waals surface area contributed by atoms with Crippen LogP contribution in [0.15, 0.2) is 0 Å². The summed E-state index contributed by atoms with van der Waals surface area (Å²) in [4.78, 5) is 0. The first-order valence-electron chi connectivity index (χ1n) is 5.16. The molecule has 0 N–H and O–H groups in total. The first-order chi connectivity index (χ1) is 5.93. The van der Waals surface area contributed by atoms with Gasteiger partial charge in [0.25, 0.3) is 0 Å². The molecule has 66 valence electrons. The molecule has 3 atom stereocenters. The van der Waals surface area contributed by atoms with E-state index >= 15 is 0 Å². The molecule has 1 heterocycles. The maximum atomic E-state index is 5.57. The average Bonchev–Trinajstić information content (AvgIpc) is 2.81. The number of rotatable bonds is 1. The lowest BCUT2D eigenvalue weighted by Gasteiger charge is -2.22. The predicted octanol–water partition coefficient (Wildman–Crippen LogP) is 1.71. The van der Waals surface area contributed by atoms with Crippen molar-refractivity contribution in [1.29, 1.82) is 0 Å². The van der Waals surface area contributed by atoms with Gasteiger partial charge in [0.2, 0.25) is 0 Å². The lowest BCUT2D eigenvalue weighted by molar-refractivity contribution is 0.323. The highest BCUT2D eigenvalue weighted by Gasteiger charge is 2.48. The van der Waals surface area contributed by atoms with Crippen LogP contribution in [0.1, 0.15) is 25.7 Å². The van der Waals surface area contributed by atoms with Crippen LogP contribution in [0.25, 0.3) is 0 Å². The van der Waals surface area contributed by atoms with Crippen molar-refractivity contribution in [3.8, 4) is 0 Å². The molecule has 12 heavy (non-hydrogen) atoms. The SMILES string of the molecule is C1COB(C2CC3CCC2C3)O1. The Morgan fingerprint density at radius 3 is 2.42 bits per heavy atom. The fourth-order valence-electron chi connectivity index (χ4n) is 3.25. The molecule has 0 aromatic carbocycles. The van der Waals surface area contributed by atoms with Crippen molar-refractivity contribution in [2.24, 2.45) is 11.8 Å². The topological polar surface area (TPSA) is 18.5 Å². The van der Waals surface area contributed by atoms with Crippen molar-refractivity contribution in [3.05, 3.63) is 0 Å². The minimum absolute atomic E-state index is 0.167. The summed E-state index contributed by atoms with van der Waals surface area (Å²) in [6.45, 7) is 1.64. The van der Waals surface area contributed by atoms with Crippen LogP contribution in [-0.4, -0.2) is 20.3 Å². The van der Waals surface area contributed by atoms with E-state index in [1.807, 2.05) is 0 Å². The van der Waals surface area contributed by atoms with E-state index in [1.165, 1.54) is 25.7 Å². The van der Waals surface area contributed by atoms with Crippen LogP contribution in [0.5, 0.6) is 0 Å². The van der Waals surface area contributed by atoms with Crippen molar-refractivity contribution in [1.82, 2.24) is 0 Å². The van der Waals surface area contributed by atoms with E-state index in [-0.39, 0.29) is 7.12 Å². The van der Waals surface area contributed by atoms with Crippen molar-refractivity contribution in [2.45, 2.75) is 31.5 Å². The third-order valence-electron chi connectivity index (χ3n) is 3.79. The molecule has 3 rings (SSSR count). The summed E-state index contributed by atoms with van der Waals surface area (Å²) in [5.74, 6) is 2.68. The van der Waals surface area contributed by atoms with Gasteiger partial charge in [0, 0.05) is 0 Å². The quantitative estimate of drug-likeness (QED) is 0.552. The molecule has 0 amide bonds. The van der Waals surface area contributed by atoms with E-state index < -0.39 is 0 Å². The Morgan fingerprint density at radius 2 is 1.83 bits per heavy atom. The molecule has 0 aromatic heterocycles. The number of hydrogen-bond donors (Lipinski definition) is 0. The highest BCUT2D eigenvalue weighted by molar-refractivity contribution is 6.47. The molecule has 1 aliphatic heterocycles. The van der Waals surface area contributed by atoms with E-state index in [1.54, 1.807) is 0 Å². The lowest BCUT2D eigenvalue weighted by atomic mass is 9.64. The van der Waals surface area contributed by atoms with E-state index in [0.29, 0.717) is 0 Å². The summed E-state index contributed by atoms with van der Waals surface area (Å²) in [5, 5.41) is 0. The molecule has 3 unspecified atom stereocenters. The van der Waals surface area contributed by atoms with Gasteiger partial charge in [-0.25, -0.2) is 0 Å². The van der Waals surface area contributed by atoms with Crippen LogP contribution < -0.4 is 0 Å². The van der Waals surface area contributed by atoms with Gasteiger partial charge in [0.1, 0.15) is 0 Å². The summed E-state index contributed by atoms with van der Waals surface area (Å²) in [5.41, 5.74) is 0. The Morgan fingerprint density at radius 1 is 1.00 bits per heavy atom. The number of hydrogen-bond acceptors (Lipinski definition) is 2. The van der Waals surface area contributed by atoms with E-state index in [9.17, 15) is 0 Å². The highest BCUT2D eigenvalue weighted by atomic mass is 16.6. The van der Waals surface area contributed by atoms with Gasteiger partial charge < -0.3 is 9.31 Å². The second kappa shape index (κ2) is 2.74. The van der Waals surface area contributed by atoms with Gasteiger partial charge in [-0.05, 0) is 30.5 Å². The standard InChI is InChI=1S/C9H15BO2/c1-2-8-5-7(1)6-9(8)10-11-3-4-12-10/h7-9H,1-6H2. The Bertz CT molecular complexity index is 179. The maximum absolute atomic E-state index is 5.57. The fourth-order valence-corrected chi connectivity index (χ4v) is 3.25. The smallest absolute Gasteiger partial charge is 0.409 e. The van der Waals surface area contributed by atoms with Gasteiger partial charge in [-0.15, -0.1) is 0 Å². The summed E-state index contributed by atoms with van der Waals surface area (Å²) >= 11 is 0. The molecule has 1 saturated heterocycles. The van der Waals surface area contributed by atoms with Gasteiger partial charge in [-0.1, -0.05) is 12.8 Å². The summed E-state index contributed by atoms with van der Waals surface area (Å²) in [7, 11) is 0.167. The van der Waals surface area contributed by atoms with Crippen molar-refractivity contribution < 1.29 is 9.31 Å². The minimum Gasteiger partial charge on any atom is -0.409 e. The maximum Gasteiger partial charge on any atom is 0.460 e.